The Kier molecular flexibility index (Phi) is 4.66. The average Bonchev–Trinajstić information content (AvgIpc) is 2.30. The molecule has 0 spiro atoms. The number of halogens is 2. The SMILES string of the molecule is CC(C)(C#N)CCS(=O)(=O)c1ccc(Cl)c(Cl)c1. The van der Waals surface area contributed by atoms with Crippen LogP contribution in [0.25, 0.3) is 0 Å². The van der Waals surface area contributed by atoms with Gasteiger partial charge in [0.05, 0.1) is 32.2 Å². The Labute approximate surface area is 117 Å². The third kappa shape index (κ3) is 3.88. The summed E-state index contributed by atoms with van der Waals surface area (Å²) in [6.07, 6.45) is 0.270. The number of hydrogen-bond donors (Lipinski definition) is 0. The maximum absolute atomic E-state index is 12.0. The molecule has 0 fully saturated rings. The van der Waals surface area contributed by atoms with E-state index in [4.69, 9.17) is 28.5 Å². The van der Waals surface area contributed by atoms with Gasteiger partial charge in [-0.2, -0.15) is 5.26 Å². The predicted octanol–water partition coefficient (Wildman–Crippen LogP) is 3.71. The van der Waals surface area contributed by atoms with E-state index in [0.717, 1.165) is 0 Å². The summed E-state index contributed by atoms with van der Waals surface area (Å²) in [5, 5.41) is 9.38. The predicted molar refractivity (Wildman–Crippen MR) is 72.5 cm³/mol. The molecule has 6 heteroatoms. The minimum Gasteiger partial charge on any atom is -0.224 e. The van der Waals surface area contributed by atoms with Gasteiger partial charge in [-0.15, -0.1) is 0 Å². The van der Waals surface area contributed by atoms with Crippen molar-refractivity contribution in [3.8, 4) is 6.07 Å². The summed E-state index contributed by atoms with van der Waals surface area (Å²) in [6, 6.07) is 6.28. The van der Waals surface area contributed by atoms with Crippen molar-refractivity contribution in [1.82, 2.24) is 0 Å². The van der Waals surface area contributed by atoms with Crippen LogP contribution in [0.4, 0.5) is 0 Å². The van der Waals surface area contributed by atoms with E-state index >= 15 is 0 Å². The van der Waals surface area contributed by atoms with Gasteiger partial charge in [0.1, 0.15) is 0 Å². The lowest BCUT2D eigenvalue weighted by atomic mass is 9.93. The van der Waals surface area contributed by atoms with Crippen LogP contribution in [0.2, 0.25) is 10.0 Å². The zero-order chi connectivity index (χ0) is 14.0. The maximum atomic E-state index is 12.0. The second-order valence-electron chi connectivity index (χ2n) is 4.64. The summed E-state index contributed by atoms with van der Waals surface area (Å²) in [5.74, 6) is -0.0917. The van der Waals surface area contributed by atoms with E-state index in [9.17, 15) is 8.42 Å². The summed E-state index contributed by atoms with van der Waals surface area (Å²) in [4.78, 5) is 0.130. The third-order valence-electron chi connectivity index (χ3n) is 2.55. The standard InChI is InChI=1S/C12H13Cl2NO2S/c1-12(2,8-15)5-6-18(16,17)9-3-4-10(13)11(14)7-9/h3-4,7H,5-6H2,1-2H3. The van der Waals surface area contributed by atoms with E-state index < -0.39 is 15.3 Å². The summed E-state index contributed by atoms with van der Waals surface area (Å²) in [5.41, 5.74) is -0.663. The summed E-state index contributed by atoms with van der Waals surface area (Å²) in [7, 11) is -3.44. The molecule has 0 aliphatic heterocycles. The highest BCUT2D eigenvalue weighted by molar-refractivity contribution is 7.91. The Hall–Kier alpha value is -0.760. The van der Waals surface area contributed by atoms with Crippen LogP contribution in [-0.2, 0) is 9.84 Å². The van der Waals surface area contributed by atoms with Crippen molar-refractivity contribution in [3.05, 3.63) is 28.2 Å². The zero-order valence-electron chi connectivity index (χ0n) is 10.1. The number of nitrogens with zero attached hydrogens (tertiary/aromatic N) is 1. The van der Waals surface area contributed by atoms with Crippen molar-refractivity contribution in [3.63, 3.8) is 0 Å². The largest absolute Gasteiger partial charge is 0.224 e. The first-order chi connectivity index (χ1) is 8.18. The molecule has 0 N–H and O–H groups in total. The van der Waals surface area contributed by atoms with Gasteiger partial charge in [-0.1, -0.05) is 23.2 Å². The lowest BCUT2D eigenvalue weighted by molar-refractivity contribution is 0.473. The van der Waals surface area contributed by atoms with Crippen molar-refractivity contribution in [1.29, 1.82) is 5.26 Å². The molecule has 0 aliphatic rings. The van der Waals surface area contributed by atoms with Crippen LogP contribution in [0, 0.1) is 16.7 Å². The molecule has 0 aromatic heterocycles. The van der Waals surface area contributed by atoms with Gasteiger partial charge in [-0.25, -0.2) is 8.42 Å². The van der Waals surface area contributed by atoms with Crippen molar-refractivity contribution in [2.75, 3.05) is 5.75 Å². The normalized spacial score (nSPS) is 12.2. The fourth-order valence-electron chi connectivity index (χ4n) is 1.23. The number of rotatable bonds is 4. The zero-order valence-corrected chi connectivity index (χ0v) is 12.4. The molecule has 0 heterocycles. The molecule has 1 aromatic carbocycles. The van der Waals surface area contributed by atoms with Gasteiger partial charge in [-0.3, -0.25) is 0 Å². The summed E-state index contributed by atoms with van der Waals surface area (Å²) >= 11 is 11.5. The van der Waals surface area contributed by atoms with E-state index in [0.29, 0.717) is 5.02 Å². The Morgan fingerprint density at radius 2 is 1.89 bits per heavy atom. The first kappa shape index (κ1) is 15.3. The Morgan fingerprint density at radius 3 is 2.39 bits per heavy atom. The Bertz CT molecular complexity index is 589. The number of hydrogen-bond acceptors (Lipinski definition) is 3. The van der Waals surface area contributed by atoms with Crippen LogP contribution in [0.15, 0.2) is 23.1 Å². The first-order valence-corrected chi connectivity index (χ1v) is 7.68. The molecule has 0 aliphatic carbocycles. The van der Waals surface area contributed by atoms with Gasteiger partial charge < -0.3 is 0 Å². The van der Waals surface area contributed by atoms with Crippen LogP contribution in [0.3, 0.4) is 0 Å². The van der Waals surface area contributed by atoms with E-state index in [1.54, 1.807) is 13.8 Å². The van der Waals surface area contributed by atoms with Crippen molar-refractivity contribution in [2.24, 2.45) is 5.41 Å². The maximum Gasteiger partial charge on any atom is 0.178 e. The van der Waals surface area contributed by atoms with E-state index in [1.165, 1.54) is 18.2 Å². The highest BCUT2D eigenvalue weighted by Crippen LogP contribution is 2.27. The van der Waals surface area contributed by atoms with Gasteiger partial charge in [0.25, 0.3) is 0 Å². The molecule has 0 unspecified atom stereocenters. The van der Waals surface area contributed by atoms with Crippen LogP contribution in [-0.4, -0.2) is 14.2 Å². The average molecular weight is 306 g/mol. The second kappa shape index (κ2) is 5.48. The molecule has 0 bridgehead atoms. The molecule has 0 amide bonds. The van der Waals surface area contributed by atoms with Crippen LogP contribution < -0.4 is 0 Å². The molecule has 0 saturated heterocycles. The Balaban J connectivity index is 2.94. The number of nitriles is 1. The molecule has 1 aromatic rings. The molecule has 98 valence electrons. The van der Waals surface area contributed by atoms with E-state index in [2.05, 4.69) is 6.07 Å². The summed E-state index contributed by atoms with van der Waals surface area (Å²) < 4.78 is 24.1. The van der Waals surface area contributed by atoms with Crippen molar-refractivity contribution < 1.29 is 8.42 Å². The lowest BCUT2D eigenvalue weighted by Crippen LogP contribution is -2.16. The van der Waals surface area contributed by atoms with Gasteiger partial charge in [0, 0.05) is 0 Å². The highest BCUT2D eigenvalue weighted by atomic mass is 35.5. The summed E-state index contributed by atoms with van der Waals surface area (Å²) in [6.45, 7) is 3.41. The van der Waals surface area contributed by atoms with Crippen molar-refractivity contribution >= 4 is 33.0 Å². The fourth-order valence-corrected chi connectivity index (χ4v) is 3.18. The molecular weight excluding hydrogens is 293 g/mol. The highest BCUT2D eigenvalue weighted by Gasteiger charge is 2.23. The van der Waals surface area contributed by atoms with E-state index in [-0.39, 0.29) is 22.1 Å². The molecule has 18 heavy (non-hydrogen) atoms. The van der Waals surface area contributed by atoms with Crippen LogP contribution >= 0.6 is 23.2 Å². The topological polar surface area (TPSA) is 57.9 Å². The van der Waals surface area contributed by atoms with Gasteiger partial charge in [0.2, 0.25) is 0 Å². The first-order valence-electron chi connectivity index (χ1n) is 5.27. The minimum atomic E-state index is -3.44. The smallest absolute Gasteiger partial charge is 0.178 e. The monoisotopic (exact) mass is 305 g/mol. The quantitative estimate of drug-likeness (QED) is 0.852. The van der Waals surface area contributed by atoms with Gasteiger partial charge in [-0.05, 0) is 38.5 Å². The molecule has 0 atom stereocenters. The fraction of sp³-hybridized carbons (Fsp3) is 0.417. The molecule has 1 rings (SSSR count). The van der Waals surface area contributed by atoms with Gasteiger partial charge in [0.15, 0.2) is 9.84 Å². The second-order valence-corrected chi connectivity index (χ2v) is 7.56. The van der Waals surface area contributed by atoms with E-state index in [1.807, 2.05) is 0 Å². The number of benzene rings is 1. The molecule has 0 radical (unpaired) electrons. The van der Waals surface area contributed by atoms with Crippen LogP contribution in [0.1, 0.15) is 20.3 Å². The van der Waals surface area contributed by atoms with Crippen LogP contribution in [0.5, 0.6) is 0 Å². The number of sulfone groups is 1. The lowest BCUT2D eigenvalue weighted by Gasteiger charge is -2.14. The van der Waals surface area contributed by atoms with Gasteiger partial charge >= 0.3 is 0 Å². The minimum absolute atomic E-state index is 0.0917. The molecule has 0 saturated carbocycles. The Morgan fingerprint density at radius 1 is 1.28 bits per heavy atom. The molecular formula is C12H13Cl2NO2S. The van der Waals surface area contributed by atoms with Crippen molar-refractivity contribution in [2.45, 2.75) is 25.2 Å². The molecule has 3 nitrogen and oxygen atoms in total. The third-order valence-corrected chi connectivity index (χ3v) is 5.00.